The molecular formula is C22H21NO4. The Morgan fingerprint density at radius 2 is 2.00 bits per heavy atom. The summed E-state index contributed by atoms with van der Waals surface area (Å²) in [6.07, 6.45) is 1.47. The van der Waals surface area contributed by atoms with Gasteiger partial charge in [0, 0.05) is 5.56 Å². The number of carbonyl (C=O) groups is 2. The van der Waals surface area contributed by atoms with E-state index in [4.69, 9.17) is 4.74 Å². The van der Waals surface area contributed by atoms with Gasteiger partial charge in [-0.25, -0.2) is 0 Å². The van der Waals surface area contributed by atoms with Crippen molar-refractivity contribution in [2.45, 2.75) is 32.1 Å². The second-order valence-corrected chi connectivity index (χ2v) is 6.65. The number of ketones is 1. The van der Waals surface area contributed by atoms with Crippen molar-refractivity contribution in [2.75, 3.05) is 13.2 Å². The highest BCUT2D eigenvalue weighted by molar-refractivity contribution is 5.99. The lowest BCUT2D eigenvalue weighted by molar-refractivity contribution is -0.143. The lowest BCUT2D eigenvalue weighted by Crippen LogP contribution is -2.13. The van der Waals surface area contributed by atoms with E-state index in [1.54, 1.807) is 19.1 Å². The lowest BCUT2D eigenvalue weighted by Gasteiger charge is -2.17. The van der Waals surface area contributed by atoms with Crippen molar-refractivity contribution < 1.29 is 19.4 Å². The standard InChI is InChI=1S/C22H21NO4/c1-2-27-22(26)11-17-8-15-9-18(12-23)20(21(25)13-24)10-16(15)7-14-5-3-4-6-19(14)17/h3-6,9-10,17,24H,2,7-8,11,13H2,1H3/t17-/m0/s1. The number of nitriles is 1. The van der Waals surface area contributed by atoms with E-state index >= 15 is 0 Å². The summed E-state index contributed by atoms with van der Waals surface area (Å²) >= 11 is 0. The van der Waals surface area contributed by atoms with E-state index in [0.717, 1.165) is 22.3 Å². The molecule has 138 valence electrons. The van der Waals surface area contributed by atoms with Crippen LogP contribution in [0, 0.1) is 11.3 Å². The molecule has 0 saturated carbocycles. The number of carbonyl (C=O) groups excluding carboxylic acids is 2. The molecule has 0 unspecified atom stereocenters. The fourth-order valence-corrected chi connectivity index (χ4v) is 3.73. The maximum atomic E-state index is 12.1. The van der Waals surface area contributed by atoms with E-state index in [1.165, 1.54) is 0 Å². The molecule has 5 nitrogen and oxygen atoms in total. The van der Waals surface area contributed by atoms with Crippen molar-refractivity contribution >= 4 is 11.8 Å². The molecule has 0 fully saturated rings. The number of aliphatic hydroxyl groups excluding tert-OH is 1. The SMILES string of the molecule is CCOC(=O)C[C@@H]1Cc2cc(C#N)c(C(=O)CO)cc2Cc2ccccc21. The average molecular weight is 363 g/mol. The van der Waals surface area contributed by atoms with Crippen molar-refractivity contribution in [3.63, 3.8) is 0 Å². The van der Waals surface area contributed by atoms with Crippen LogP contribution >= 0.6 is 0 Å². The normalized spacial score (nSPS) is 15.1. The molecule has 0 spiro atoms. The number of aliphatic hydroxyl groups is 1. The maximum absolute atomic E-state index is 12.1. The quantitative estimate of drug-likeness (QED) is 0.652. The van der Waals surface area contributed by atoms with Crippen molar-refractivity contribution in [1.29, 1.82) is 5.26 Å². The molecule has 0 saturated heterocycles. The summed E-state index contributed by atoms with van der Waals surface area (Å²) in [6.45, 7) is 1.50. The van der Waals surface area contributed by atoms with E-state index in [1.807, 2.05) is 24.3 Å². The molecule has 0 heterocycles. The van der Waals surface area contributed by atoms with Gasteiger partial charge in [-0.15, -0.1) is 0 Å². The minimum atomic E-state index is -0.629. The first-order chi connectivity index (χ1) is 13.1. The van der Waals surface area contributed by atoms with Gasteiger partial charge in [-0.2, -0.15) is 5.26 Å². The van der Waals surface area contributed by atoms with Gasteiger partial charge in [-0.3, -0.25) is 9.59 Å². The fraction of sp³-hybridized carbons (Fsp3) is 0.318. The Hall–Kier alpha value is -2.97. The molecule has 1 aliphatic rings. The predicted octanol–water partition coefficient (Wildman–Crippen LogP) is 2.92. The summed E-state index contributed by atoms with van der Waals surface area (Å²) in [5, 5.41) is 18.6. The Morgan fingerprint density at radius 1 is 1.22 bits per heavy atom. The molecular weight excluding hydrogens is 342 g/mol. The minimum Gasteiger partial charge on any atom is -0.466 e. The summed E-state index contributed by atoms with van der Waals surface area (Å²) in [4.78, 5) is 24.1. The molecule has 0 amide bonds. The van der Waals surface area contributed by atoms with Gasteiger partial charge in [0.05, 0.1) is 24.7 Å². The first kappa shape index (κ1) is 18.8. The first-order valence-electron chi connectivity index (χ1n) is 9.00. The second-order valence-electron chi connectivity index (χ2n) is 6.65. The predicted molar refractivity (Wildman–Crippen MR) is 99.5 cm³/mol. The number of hydrogen-bond donors (Lipinski definition) is 1. The van der Waals surface area contributed by atoms with Gasteiger partial charge in [-0.1, -0.05) is 24.3 Å². The summed E-state index contributed by atoms with van der Waals surface area (Å²) in [5.41, 5.74) is 4.60. The lowest BCUT2D eigenvalue weighted by atomic mass is 9.88. The maximum Gasteiger partial charge on any atom is 0.306 e. The molecule has 2 aromatic rings. The highest BCUT2D eigenvalue weighted by Gasteiger charge is 2.26. The third-order valence-corrected chi connectivity index (χ3v) is 4.96. The van der Waals surface area contributed by atoms with E-state index in [0.29, 0.717) is 19.4 Å². The zero-order valence-corrected chi connectivity index (χ0v) is 15.2. The molecule has 0 aliphatic heterocycles. The molecule has 2 aromatic carbocycles. The van der Waals surface area contributed by atoms with Gasteiger partial charge in [0.2, 0.25) is 0 Å². The van der Waals surface area contributed by atoms with E-state index in [2.05, 4.69) is 6.07 Å². The van der Waals surface area contributed by atoms with Crippen LogP contribution < -0.4 is 0 Å². The van der Waals surface area contributed by atoms with E-state index in [-0.39, 0.29) is 29.4 Å². The molecule has 0 radical (unpaired) electrons. The van der Waals surface area contributed by atoms with Crippen LogP contribution in [0.2, 0.25) is 0 Å². The fourth-order valence-electron chi connectivity index (χ4n) is 3.73. The number of hydrogen-bond acceptors (Lipinski definition) is 5. The van der Waals surface area contributed by atoms with E-state index < -0.39 is 12.4 Å². The van der Waals surface area contributed by atoms with Gasteiger partial charge in [0.25, 0.3) is 0 Å². The number of ether oxygens (including phenoxy) is 1. The smallest absolute Gasteiger partial charge is 0.306 e. The highest BCUT2D eigenvalue weighted by atomic mass is 16.5. The Bertz CT molecular complexity index is 926. The number of nitrogens with zero attached hydrogens (tertiary/aromatic N) is 1. The molecule has 1 aliphatic carbocycles. The van der Waals surface area contributed by atoms with Crippen LogP contribution in [0.1, 0.15) is 57.4 Å². The highest BCUT2D eigenvalue weighted by Crippen LogP contribution is 2.35. The summed E-state index contributed by atoms with van der Waals surface area (Å²) < 4.78 is 5.13. The van der Waals surface area contributed by atoms with Crippen LogP contribution in [0.5, 0.6) is 0 Å². The third-order valence-electron chi connectivity index (χ3n) is 4.96. The van der Waals surface area contributed by atoms with Gasteiger partial charge in [0.1, 0.15) is 6.61 Å². The zero-order chi connectivity index (χ0) is 19.4. The number of Topliss-reactive ketones (excluding diaryl/α,β-unsaturated/α-hetero) is 1. The summed E-state index contributed by atoms with van der Waals surface area (Å²) in [6, 6.07) is 13.4. The number of rotatable bonds is 5. The number of fused-ring (bicyclic) bond motifs is 2. The van der Waals surface area contributed by atoms with Crippen LogP contribution in [0.3, 0.4) is 0 Å². The van der Waals surface area contributed by atoms with E-state index in [9.17, 15) is 20.0 Å². The van der Waals surface area contributed by atoms with Crippen molar-refractivity contribution in [1.82, 2.24) is 0 Å². The van der Waals surface area contributed by atoms with Crippen molar-refractivity contribution in [3.8, 4) is 6.07 Å². The summed E-state index contributed by atoms with van der Waals surface area (Å²) in [7, 11) is 0. The van der Waals surface area contributed by atoms with Crippen molar-refractivity contribution in [2.24, 2.45) is 0 Å². The average Bonchev–Trinajstić information content (AvgIpc) is 2.82. The summed E-state index contributed by atoms with van der Waals surface area (Å²) in [5.74, 6) is -0.754. The Balaban J connectivity index is 2.07. The van der Waals surface area contributed by atoms with Crippen LogP contribution in [0.15, 0.2) is 36.4 Å². The molecule has 3 rings (SSSR count). The minimum absolute atomic E-state index is 0.0487. The third kappa shape index (κ3) is 3.91. The second kappa shape index (κ2) is 8.15. The van der Waals surface area contributed by atoms with Crippen LogP contribution in [-0.4, -0.2) is 30.1 Å². The van der Waals surface area contributed by atoms with Crippen LogP contribution in [0.4, 0.5) is 0 Å². The molecule has 27 heavy (non-hydrogen) atoms. The number of esters is 1. The number of benzene rings is 2. The van der Waals surface area contributed by atoms with Crippen molar-refractivity contribution in [3.05, 3.63) is 69.8 Å². The molecule has 1 N–H and O–H groups in total. The van der Waals surface area contributed by atoms with Gasteiger partial charge >= 0.3 is 5.97 Å². The Kier molecular flexibility index (Phi) is 5.68. The van der Waals surface area contributed by atoms with Crippen LogP contribution in [0.25, 0.3) is 0 Å². The largest absolute Gasteiger partial charge is 0.466 e. The first-order valence-corrected chi connectivity index (χ1v) is 9.00. The van der Waals surface area contributed by atoms with Gasteiger partial charge in [0.15, 0.2) is 5.78 Å². The Morgan fingerprint density at radius 3 is 2.70 bits per heavy atom. The van der Waals surface area contributed by atoms with Crippen LogP contribution in [-0.2, 0) is 22.4 Å². The molecule has 1 atom stereocenters. The molecule has 0 aromatic heterocycles. The molecule has 0 bridgehead atoms. The topological polar surface area (TPSA) is 87.4 Å². The zero-order valence-electron chi connectivity index (χ0n) is 15.2. The Labute approximate surface area is 158 Å². The monoisotopic (exact) mass is 363 g/mol. The van der Waals surface area contributed by atoms with Gasteiger partial charge < -0.3 is 9.84 Å². The van der Waals surface area contributed by atoms with Gasteiger partial charge in [-0.05, 0) is 60.1 Å². The molecule has 5 heteroatoms.